The molecule has 28 heavy (non-hydrogen) atoms. The van der Waals surface area contributed by atoms with E-state index in [9.17, 15) is 10.1 Å². The number of benzene rings is 2. The molecular weight excluding hydrogens is 358 g/mol. The number of anilines is 3. The van der Waals surface area contributed by atoms with Gasteiger partial charge in [0, 0.05) is 12.2 Å². The molecule has 0 atom stereocenters. The number of hydrogen-bond donors (Lipinski definition) is 2. The van der Waals surface area contributed by atoms with Crippen molar-refractivity contribution in [3.05, 3.63) is 76.0 Å². The van der Waals surface area contributed by atoms with Crippen LogP contribution in [0.2, 0.25) is 0 Å². The van der Waals surface area contributed by atoms with Crippen LogP contribution in [0.5, 0.6) is 5.75 Å². The zero-order valence-electron chi connectivity index (χ0n) is 15.7. The fraction of sp³-hybridized carbons (Fsp3) is 0.200. The van der Waals surface area contributed by atoms with Crippen molar-refractivity contribution >= 4 is 23.1 Å². The van der Waals surface area contributed by atoms with Crippen LogP contribution in [0.4, 0.5) is 23.1 Å². The van der Waals surface area contributed by atoms with E-state index in [1.807, 2.05) is 37.3 Å². The summed E-state index contributed by atoms with van der Waals surface area (Å²) in [5.74, 6) is 1.18. The topological polar surface area (TPSA) is 102 Å². The lowest BCUT2D eigenvalue weighted by atomic mass is 10.2. The lowest BCUT2D eigenvalue weighted by molar-refractivity contribution is -0.385. The van der Waals surface area contributed by atoms with Gasteiger partial charge in [-0.25, -0.2) is 4.98 Å². The van der Waals surface area contributed by atoms with Gasteiger partial charge in [0.1, 0.15) is 11.4 Å². The van der Waals surface area contributed by atoms with Crippen LogP contribution in [0.25, 0.3) is 0 Å². The number of rotatable bonds is 8. The molecule has 8 nitrogen and oxygen atoms in total. The molecule has 0 amide bonds. The van der Waals surface area contributed by atoms with Gasteiger partial charge in [-0.15, -0.1) is 0 Å². The number of nitrogens with one attached hydrogen (secondary N) is 2. The molecule has 0 unspecified atom stereocenters. The average Bonchev–Trinajstić information content (AvgIpc) is 2.68. The second-order valence-electron chi connectivity index (χ2n) is 6.01. The van der Waals surface area contributed by atoms with Crippen molar-refractivity contribution in [2.45, 2.75) is 20.4 Å². The summed E-state index contributed by atoms with van der Waals surface area (Å²) in [6.07, 6.45) is 0. The van der Waals surface area contributed by atoms with Gasteiger partial charge in [-0.3, -0.25) is 10.1 Å². The summed E-state index contributed by atoms with van der Waals surface area (Å²) in [4.78, 5) is 19.6. The van der Waals surface area contributed by atoms with E-state index in [0.29, 0.717) is 24.8 Å². The van der Waals surface area contributed by atoms with E-state index >= 15 is 0 Å². The largest absolute Gasteiger partial charge is 0.494 e. The van der Waals surface area contributed by atoms with E-state index in [-0.39, 0.29) is 17.2 Å². The van der Waals surface area contributed by atoms with Crippen LogP contribution in [0.3, 0.4) is 0 Å². The Morgan fingerprint density at radius 3 is 2.43 bits per heavy atom. The molecule has 0 bridgehead atoms. The Morgan fingerprint density at radius 1 is 1.07 bits per heavy atom. The first-order chi connectivity index (χ1) is 13.6. The quantitative estimate of drug-likeness (QED) is 0.440. The molecule has 0 saturated heterocycles. The van der Waals surface area contributed by atoms with Gasteiger partial charge in [0.05, 0.1) is 11.5 Å². The molecule has 0 aliphatic heterocycles. The fourth-order valence-corrected chi connectivity index (χ4v) is 2.67. The van der Waals surface area contributed by atoms with Gasteiger partial charge < -0.3 is 15.4 Å². The molecule has 144 valence electrons. The van der Waals surface area contributed by atoms with E-state index in [1.165, 1.54) is 0 Å². The molecule has 8 heteroatoms. The van der Waals surface area contributed by atoms with Gasteiger partial charge in [-0.1, -0.05) is 30.3 Å². The van der Waals surface area contributed by atoms with E-state index in [2.05, 4.69) is 20.6 Å². The molecule has 0 aliphatic carbocycles. The van der Waals surface area contributed by atoms with Crippen molar-refractivity contribution in [3.63, 3.8) is 0 Å². The first-order valence-corrected chi connectivity index (χ1v) is 8.87. The summed E-state index contributed by atoms with van der Waals surface area (Å²) in [6, 6.07) is 16.9. The van der Waals surface area contributed by atoms with Crippen molar-refractivity contribution in [2.75, 3.05) is 17.2 Å². The fourth-order valence-electron chi connectivity index (χ4n) is 2.67. The Hall–Kier alpha value is -3.68. The van der Waals surface area contributed by atoms with E-state index < -0.39 is 4.92 Å². The Labute approximate surface area is 162 Å². The standard InChI is InChI=1S/C20H21N5O3/c1-3-28-17-11-9-16(10-12-17)23-19-18(25(26)27)14(2)22-20(24-19)21-13-15-7-5-4-6-8-15/h4-12H,3,13H2,1-2H3,(H2,21,22,23,24). The minimum atomic E-state index is -0.479. The third kappa shape index (κ3) is 4.73. The van der Waals surface area contributed by atoms with Gasteiger partial charge in [0.2, 0.25) is 11.8 Å². The maximum Gasteiger partial charge on any atom is 0.332 e. The van der Waals surface area contributed by atoms with Gasteiger partial charge in [-0.05, 0) is 43.7 Å². The summed E-state index contributed by atoms with van der Waals surface area (Å²) < 4.78 is 5.41. The Morgan fingerprint density at radius 2 is 1.79 bits per heavy atom. The lowest BCUT2D eigenvalue weighted by Gasteiger charge is -2.11. The average molecular weight is 379 g/mol. The second kappa shape index (κ2) is 8.81. The van der Waals surface area contributed by atoms with E-state index in [4.69, 9.17) is 4.74 Å². The Kier molecular flexibility index (Phi) is 6.01. The molecule has 0 radical (unpaired) electrons. The number of aromatic nitrogens is 2. The number of aryl methyl sites for hydroxylation is 1. The zero-order chi connectivity index (χ0) is 19.9. The lowest BCUT2D eigenvalue weighted by Crippen LogP contribution is -2.09. The SMILES string of the molecule is CCOc1ccc(Nc2nc(NCc3ccccc3)nc(C)c2[N+](=O)[O-])cc1. The molecule has 0 spiro atoms. The molecular formula is C20H21N5O3. The van der Waals surface area contributed by atoms with Crippen LogP contribution in [0.1, 0.15) is 18.2 Å². The maximum atomic E-state index is 11.5. The molecule has 0 aliphatic rings. The van der Waals surface area contributed by atoms with Crippen molar-refractivity contribution in [1.82, 2.24) is 9.97 Å². The van der Waals surface area contributed by atoms with Gasteiger partial charge in [-0.2, -0.15) is 4.98 Å². The Balaban J connectivity index is 1.84. The van der Waals surface area contributed by atoms with E-state index in [0.717, 1.165) is 11.3 Å². The van der Waals surface area contributed by atoms with Gasteiger partial charge >= 0.3 is 5.69 Å². The summed E-state index contributed by atoms with van der Waals surface area (Å²) in [5.41, 5.74) is 1.85. The third-order valence-corrected chi connectivity index (χ3v) is 3.96. The molecule has 0 saturated carbocycles. The van der Waals surface area contributed by atoms with Crippen LogP contribution in [-0.4, -0.2) is 21.5 Å². The van der Waals surface area contributed by atoms with Crippen LogP contribution >= 0.6 is 0 Å². The van der Waals surface area contributed by atoms with Crippen molar-refractivity contribution < 1.29 is 9.66 Å². The normalized spacial score (nSPS) is 10.4. The van der Waals surface area contributed by atoms with Gasteiger partial charge in [0.25, 0.3) is 0 Å². The first-order valence-electron chi connectivity index (χ1n) is 8.87. The van der Waals surface area contributed by atoms with E-state index in [1.54, 1.807) is 31.2 Å². The third-order valence-electron chi connectivity index (χ3n) is 3.96. The van der Waals surface area contributed by atoms with Crippen LogP contribution < -0.4 is 15.4 Å². The van der Waals surface area contributed by atoms with Crippen LogP contribution in [0.15, 0.2) is 54.6 Å². The molecule has 2 aromatic carbocycles. The van der Waals surface area contributed by atoms with Crippen molar-refractivity contribution in [1.29, 1.82) is 0 Å². The van der Waals surface area contributed by atoms with Gasteiger partial charge in [0.15, 0.2) is 0 Å². The molecule has 0 fully saturated rings. The smallest absolute Gasteiger partial charge is 0.332 e. The molecule has 2 N–H and O–H groups in total. The highest BCUT2D eigenvalue weighted by molar-refractivity contribution is 5.68. The summed E-state index contributed by atoms with van der Waals surface area (Å²) in [6.45, 7) is 4.58. The molecule has 3 aromatic rings. The van der Waals surface area contributed by atoms with Crippen molar-refractivity contribution in [2.24, 2.45) is 0 Å². The predicted molar refractivity (Wildman–Crippen MR) is 108 cm³/mol. The first kappa shape index (κ1) is 19.1. The molecule has 1 heterocycles. The predicted octanol–water partition coefficient (Wildman–Crippen LogP) is 4.45. The highest BCUT2D eigenvalue weighted by Crippen LogP contribution is 2.30. The highest BCUT2D eigenvalue weighted by Gasteiger charge is 2.22. The van der Waals surface area contributed by atoms with Crippen molar-refractivity contribution in [3.8, 4) is 5.75 Å². The van der Waals surface area contributed by atoms with Crippen LogP contribution in [-0.2, 0) is 6.54 Å². The number of hydrogen-bond acceptors (Lipinski definition) is 7. The van der Waals surface area contributed by atoms with Crippen LogP contribution in [0, 0.1) is 17.0 Å². The monoisotopic (exact) mass is 379 g/mol. The Bertz CT molecular complexity index is 946. The number of nitro groups is 1. The minimum absolute atomic E-state index is 0.136. The maximum absolute atomic E-state index is 11.5. The number of ether oxygens (including phenoxy) is 1. The molecule has 1 aromatic heterocycles. The summed E-state index contributed by atoms with van der Waals surface area (Å²) in [7, 11) is 0. The zero-order valence-corrected chi connectivity index (χ0v) is 15.7. The minimum Gasteiger partial charge on any atom is -0.494 e. The number of nitrogens with zero attached hydrogens (tertiary/aromatic N) is 3. The second-order valence-corrected chi connectivity index (χ2v) is 6.01. The summed E-state index contributed by atoms with van der Waals surface area (Å²) >= 11 is 0. The molecule has 3 rings (SSSR count). The highest BCUT2D eigenvalue weighted by atomic mass is 16.6. The summed E-state index contributed by atoms with van der Waals surface area (Å²) in [5, 5.41) is 17.6.